The van der Waals surface area contributed by atoms with Gasteiger partial charge in [-0.25, -0.2) is 9.37 Å². The molecule has 0 aliphatic rings. The second-order valence-corrected chi connectivity index (χ2v) is 5.20. The molecule has 2 N–H and O–H groups in total. The van der Waals surface area contributed by atoms with Crippen molar-refractivity contribution >= 4 is 28.4 Å². The fourth-order valence-electron chi connectivity index (χ4n) is 2.54. The van der Waals surface area contributed by atoms with Gasteiger partial charge >= 0.3 is 58.2 Å². The Morgan fingerprint density at radius 3 is 2.58 bits per heavy atom. The molecule has 0 spiro atoms. The molecule has 3 aromatic rings. The average molecular weight is 429 g/mol. The molecule has 6 nitrogen and oxygen atoms in total. The van der Waals surface area contributed by atoms with Crippen molar-refractivity contribution in [2.24, 2.45) is 7.05 Å². The maximum absolute atomic E-state index is 14.1. The Bertz CT molecular complexity index is 912. The number of hydroxylamine groups is 1. The van der Waals surface area contributed by atoms with Crippen LogP contribution in [0.25, 0.3) is 11.0 Å². The van der Waals surface area contributed by atoms with Crippen LogP contribution in [0.5, 0.6) is 0 Å². The van der Waals surface area contributed by atoms with Crippen LogP contribution in [0.4, 0.5) is 15.9 Å². The van der Waals surface area contributed by atoms with E-state index in [1.54, 1.807) is 49.0 Å². The summed E-state index contributed by atoms with van der Waals surface area (Å²) < 4.78 is 15.7. The molecule has 0 saturated heterocycles. The normalized spacial score (nSPS) is 9.77. The van der Waals surface area contributed by atoms with Crippen LogP contribution in [0.15, 0.2) is 36.5 Å². The van der Waals surface area contributed by atoms with E-state index in [1.807, 2.05) is 13.8 Å². The number of hydrogen-bond donors (Lipinski definition) is 2. The predicted molar refractivity (Wildman–Crippen MR) is 97.3 cm³/mol. The number of carbonyl (C=O) groups excluding carboxylic acids is 1. The van der Waals surface area contributed by atoms with Gasteiger partial charge < -0.3 is 20.6 Å². The van der Waals surface area contributed by atoms with Crippen LogP contribution in [-0.4, -0.2) is 15.5 Å². The molecule has 132 valence electrons. The summed E-state index contributed by atoms with van der Waals surface area (Å²) in [5.41, 5.74) is 3.01. The fraction of sp³-hybridized carbons (Fsp3) is 0.222. The standard InChI is InChI=1S/C16H14FN4O2.C2H6.Rb/c1-9-5-6-12(11(17)8-9)19-15-13(16(22)20-23)10-4-3-7-18-14(10)21(15)2;1-2;/h3-8H,1-2H3,(H2-,19,20,22,23);1-2H3;/q-1;;+1. The van der Waals surface area contributed by atoms with Crippen LogP contribution in [0.1, 0.15) is 29.8 Å². The summed E-state index contributed by atoms with van der Waals surface area (Å²) in [4.78, 5) is 16.2. The first kappa shape index (κ1) is 22.9. The number of rotatable bonds is 3. The smallest absolute Gasteiger partial charge is 0.759 e. The Labute approximate surface area is 200 Å². The number of aryl methyl sites for hydroxylation is 2. The van der Waals surface area contributed by atoms with Gasteiger partial charge in [-0.05, 0) is 36.8 Å². The zero-order valence-electron chi connectivity index (χ0n) is 15.6. The molecule has 26 heavy (non-hydrogen) atoms. The molecule has 0 radical (unpaired) electrons. The quantitative estimate of drug-likeness (QED) is 0.610. The van der Waals surface area contributed by atoms with Crippen LogP contribution in [0.3, 0.4) is 0 Å². The molecule has 0 aliphatic carbocycles. The largest absolute Gasteiger partial charge is 1.00 e. The summed E-state index contributed by atoms with van der Waals surface area (Å²) in [6.07, 6.45) is 1.58. The fourth-order valence-corrected chi connectivity index (χ4v) is 2.54. The molecule has 2 aromatic heterocycles. The number of halogens is 1. The number of benzene rings is 1. The Morgan fingerprint density at radius 1 is 1.27 bits per heavy atom. The minimum atomic E-state index is -0.807. The molecule has 1 aromatic carbocycles. The molecule has 8 heteroatoms. The van der Waals surface area contributed by atoms with Gasteiger partial charge in [0.2, 0.25) is 5.91 Å². The minimum absolute atomic E-state index is 0. The van der Waals surface area contributed by atoms with Crippen molar-refractivity contribution in [3.8, 4) is 0 Å². The summed E-state index contributed by atoms with van der Waals surface area (Å²) in [6, 6.07) is 8.06. The van der Waals surface area contributed by atoms with Gasteiger partial charge in [-0.15, -0.1) is 0 Å². The van der Waals surface area contributed by atoms with E-state index in [0.29, 0.717) is 16.9 Å². The Kier molecular flexibility index (Phi) is 9.05. The molecule has 0 unspecified atom stereocenters. The van der Waals surface area contributed by atoms with E-state index in [-0.39, 0.29) is 69.4 Å². The molecule has 0 saturated carbocycles. The van der Waals surface area contributed by atoms with Crippen molar-refractivity contribution in [2.75, 3.05) is 5.32 Å². The number of anilines is 2. The number of carbonyl (C=O) groups is 1. The van der Waals surface area contributed by atoms with Crippen molar-refractivity contribution in [1.29, 1.82) is 0 Å². The van der Waals surface area contributed by atoms with Gasteiger partial charge in [0.1, 0.15) is 17.3 Å². The van der Waals surface area contributed by atoms with E-state index in [2.05, 4.69) is 10.3 Å². The average Bonchev–Trinajstić information content (AvgIpc) is 2.91. The van der Waals surface area contributed by atoms with Crippen LogP contribution in [-0.2, 0) is 7.05 Å². The van der Waals surface area contributed by atoms with Gasteiger partial charge in [0, 0.05) is 18.6 Å². The van der Waals surface area contributed by atoms with Crippen molar-refractivity contribution in [3.63, 3.8) is 0 Å². The molecule has 2 heterocycles. The summed E-state index contributed by atoms with van der Waals surface area (Å²) >= 11 is 0. The summed E-state index contributed by atoms with van der Waals surface area (Å²) in [5, 5.41) is 14.3. The maximum atomic E-state index is 14.1. The molecule has 3 rings (SSSR count). The van der Waals surface area contributed by atoms with Crippen molar-refractivity contribution in [2.45, 2.75) is 20.8 Å². The number of pyridine rings is 1. The van der Waals surface area contributed by atoms with Gasteiger partial charge in [-0.2, -0.15) is 0 Å². The van der Waals surface area contributed by atoms with Crippen LogP contribution < -0.4 is 69.0 Å². The molecule has 0 atom stereocenters. The number of nitrogens with one attached hydrogen (secondary N) is 2. The zero-order chi connectivity index (χ0) is 18.6. The van der Waals surface area contributed by atoms with Gasteiger partial charge in [0.25, 0.3) is 0 Å². The summed E-state index contributed by atoms with van der Waals surface area (Å²) in [7, 11) is 1.69. The van der Waals surface area contributed by atoms with Crippen LogP contribution in [0, 0.1) is 17.9 Å². The van der Waals surface area contributed by atoms with Crippen molar-refractivity contribution in [1.82, 2.24) is 15.0 Å². The van der Waals surface area contributed by atoms with E-state index in [9.17, 15) is 14.4 Å². The number of hydrogen-bond acceptors (Lipinski definition) is 4. The Balaban J connectivity index is 0.00000109. The third-order valence-corrected chi connectivity index (χ3v) is 3.64. The number of amides is 1. The second-order valence-electron chi connectivity index (χ2n) is 5.20. The SMILES string of the molecule is CC.Cc1ccc(Nc2c(C(=O)N[O-])c3cccnc3n2C)c(F)c1.[Rb+]. The van der Waals surface area contributed by atoms with E-state index in [1.165, 1.54) is 11.5 Å². The van der Waals surface area contributed by atoms with Gasteiger partial charge in [0.15, 0.2) is 0 Å². The van der Waals surface area contributed by atoms with E-state index in [0.717, 1.165) is 5.56 Å². The Morgan fingerprint density at radius 2 is 1.96 bits per heavy atom. The summed E-state index contributed by atoms with van der Waals surface area (Å²) in [5.74, 6) is -0.954. The van der Waals surface area contributed by atoms with E-state index >= 15 is 0 Å². The van der Waals surface area contributed by atoms with Gasteiger partial charge in [-0.3, -0.25) is 4.79 Å². The maximum Gasteiger partial charge on any atom is 1.00 e. The summed E-state index contributed by atoms with van der Waals surface area (Å²) in [6.45, 7) is 5.78. The monoisotopic (exact) mass is 428 g/mol. The first-order chi connectivity index (χ1) is 12.0. The topological polar surface area (TPSA) is 82.0 Å². The molecule has 0 aliphatic heterocycles. The third-order valence-electron chi connectivity index (χ3n) is 3.64. The number of aromatic nitrogens is 2. The number of nitrogens with zero attached hydrogens (tertiary/aromatic N) is 2. The number of fused-ring (bicyclic) bond motifs is 1. The Hall–Kier alpha value is -1.12. The third kappa shape index (κ3) is 4.58. The second kappa shape index (κ2) is 10.3. The van der Waals surface area contributed by atoms with Crippen molar-refractivity contribution < 1.29 is 67.4 Å². The first-order valence-corrected chi connectivity index (χ1v) is 7.92. The molecule has 0 bridgehead atoms. The molecular formula is C18H20FN4O2Rb. The first-order valence-electron chi connectivity index (χ1n) is 7.92. The minimum Gasteiger partial charge on any atom is -0.759 e. The van der Waals surface area contributed by atoms with E-state index < -0.39 is 11.7 Å². The van der Waals surface area contributed by atoms with Gasteiger partial charge in [-0.1, -0.05) is 19.9 Å². The predicted octanol–water partition coefficient (Wildman–Crippen LogP) is 1.02. The molecular weight excluding hydrogens is 409 g/mol. The van der Waals surface area contributed by atoms with E-state index in [4.69, 9.17) is 0 Å². The molecule has 1 amide bonds. The van der Waals surface area contributed by atoms with Gasteiger partial charge in [0.05, 0.1) is 11.3 Å². The van der Waals surface area contributed by atoms with Crippen molar-refractivity contribution in [3.05, 3.63) is 58.7 Å². The molecule has 0 fully saturated rings. The zero-order valence-corrected chi connectivity index (χ0v) is 20.5. The van der Waals surface area contributed by atoms with Crippen LogP contribution in [0.2, 0.25) is 0 Å². The van der Waals surface area contributed by atoms with Crippen LogP contribution >= 0.6 is 0 Å².